The van der Waals surface area contributed by atoms with E-state index < -0.39 is 110 Å². The Morgan fingerprint density at radius 2 is 0.421 bits per heavy atom. The van der Waals surface area contributed by atoms with Crippen LogP contribution < -0.4 is 0 Å². The molecule has 18 nitrogen and oxygen atoms in total. The lowest BCUT2D eigenvalue weighted by Crippen LogP contribution is -2.20. The molecule has 0 fully saturated rings. The molecule has 0 aliphatic heterocycles. The van der Waals surface area contributed by atoms with Gasteiger partial charge >= 0.3 is 53.7 Å². The second-order valence-corrected chi connectivity index (χ2v) is 6.69. The van der Waals surface area contributed by atoms with Crippen LogP contribution in [-0.2, 0) is 43.2 Å². The van der Waals surface area contributed by atoms with Crippen molar-refractivity contribution in [2.24, 2.45) is 17.8 Å². The summed E-state index contributed by atoms with van der Waals surface area (Å²) in [4.78, 5) is 91.0. The molecule has 0 atom stereocenters. The average molecular weight is 560 g/mol. The van der Waals surface area contributed by atoms with Gasteiger partial charge in [-0.1, -0.05) is 14.9 Å². The Balaban J connectivity index is -0.000000140. The SMILES string of the molecule is C.C.O=C(O)CC(CC(=O)O)C(=O)O.O=C(O)CC(CC(=O)O)C(=O)O.O=C(O)CC(CC(=O)O)C(=O)O. The van der Waals surface area contributed by atoms with Gasteiger partial charge in [0, 0.05) is 0 Å². The number of rotatable bonds is 15. The summed E-state index contributed by atoms with van der Waals surface area (Å²) in [5.41, 5.74) is 0. The predicted octanol–water partition coefficient (Wildman–Crippen LogP) is 0.182. The number of aliphatic carboxylic acids is 9. The lowest BCUT2D eigenvalue weighted by molar-refractivity contribution is -0.152. The summed E-state index contributed by atoms with van der Waals surface area (Å²) in [5.74, 6) is -16.1. The molecular weight excluding hydrogens is 528 g/mol. The molecule has 38 heavy (non-hydrogen) atoms. The lowest BCUT2D eigenvalue weighted by atomic mass is 10.0. The molecule has 9 N–H and O–H groups in total. The van der Waals surface area contributed by atoms with E-state index in [9.17, 15) is 43.2 Å². The quantitative estimate of drug-likeness (QED) is 0.129. The average Bonchev–Trinajstić information content (AvgIpc) is 2.65. The number of hydrogen-bond acceptors (Lipinski definition) is 9. The number of carboxylic acids is 9. The summed E-state index contributed by atoms with van der Waals surface area (Å²) < 4.78 is 0. The summed E-state index contributed by atoms with van der Waals surface area (Å²) in [6.45, 7) is 0. The molecule has 0 radical (unpaired) electrons. The van der Waals surface area contributed by atoms with Gasteiger partial charge in [-0.3, -0.25) is 43.2 Å². The Hall–Kier alpha value is -4.77. The van der Waals surface area contributed by atoms with Crippen LogP contribution in [0.15, 0.2) is 0 Å². The highest BCUT2D eigenvalue weighted by molar-refractivity contribution is 5.83. The Bertz CT molecular complexity index is 688. The topological polar surface area (TPSA) is 336 Å². The van der Waals surface area contributed by atoms with E-state index in [1.807, 2.05) is 0 Å². The minimum absolute atomic E-state index is 0. The van der Waals surface area contributed by atoms with Crippen LogP contribution in [0, 0.1) is 17.8 Å². The van der Waals surface area contributed by atoms with Crippen LogP contribution in [-0.4, -0.2) is 99.7 Å². The fourth-order valence-corrected chi connectivity index (χ4v) is 2.01. The van der Waals surface area contributed by atoms with Gasteiger partial charge < -0.3 is 46.0 Å². The fraction of sp³-hybridized carbons (Fsp3) is 0.550. The van der Waals surface area contributed by atoms with Crippen molar-refractivity contribution in [1.82, 2.24) is 0 Å². The van der Waals surface area contributed by atoms with Crippen molar-refractivity contribution in [2.45, 2.75) is 53.4 Å². The van der Waals surface area contributed by atoms with E-state index in [4.69, 9.17) is 46.0 Å². The van der Waals surface area contributed by atoms with Gasteiger partial charge in [-0.05, 0) is 0 Å². The molecule has 0 aliphatic carbocycles. The first-order chi connectivity index (χ1) is 16.3. The smallest absolute Gasteiger partial charge is 0.307 e. The normalized spacial score (nSPS) is 9.24. The minimum Gasteiger partial charge on any atom is -0.481 e. The van der Waals surface area contributed by atoms with E-state index in [0.717, 1.165) is 0 Å². The first-order valence-corrected chi connectivity index (χ1v) is 9.29. The molecule has 18 heteroatoms. The summed E-state index contributed by atoms with van der Waals surface area (Å²) in [6.07, 6.45) is -3.99. The van der Waals surface area contributed by atoms with Crippen molar-refractivity contribution in [3.63, 3.8) is 0 Å². The highest BCUT2D eigenvalue weighted by Crippen LogP contribution is 2.10. The fourth-order valence-electron chi connectivity index (χ4n) is 2.01. The zero-order valence-electron chi connectivity index (χ0n) is 18.2. The first-order valence-electron chi connectivity index (χ1n) is 9.29. The van der Waals surface area contributed by atoms with Crippen LogP contribution in [0.4, 0.5) is 0 Å². The zero-order chi connectivity index (χ0) is 29.2. The van der Waals surface area contributed by atoms with Crippen molar-refractivity contribution < 1.29 is 89.1 Å². The standard InChI is InChI=1S/3C6H8O6.2CH4/c3*7-4(8)1-3(6(11)12)2-5(9)10;;/h3*3H,1-2H2,(H,7,8)(H,9,10)(H,11,12);2*1H4. The van der Waals surface area contributed by atoms with Gasteiger partial charge in [0.1, 0.15) is 0 Å². The van der Waals surface area contributed by atoms with Crippen molar-refractivity contribution in [3.05, 3.63) is 0 Å². The number of hydrogen-bond donors (Lipinski definition) is 9. The third-order valence-corrected chi connectivity index (χ3v) is 3.57. The van der Waals surface area contributed by atoms with Gasteiger partial charge in [0.15, 0.2) is 0 Å². The second-order valence-electron chi connectivity index (χ2n) is 6.69. The molecule has 0 aromatic rings. The lowest BCUT2D eigenvalue weighted by Gasteiger charge is -2.04. The van der Waals surface area contributed by atoms with E-state index in [1.54, 1.807) is 0 Å². The molecule has 0 unspecified atom stereocenters. The van der Waals surface area contributed by atoms with Crippen LogP contribution in [0.25, 0.3) is 0 Å². The maximum absolute atomic E-state index is 10.2. The Kier molecular flexibility index (Phi) is 25.9. The van der Waals surface area contributed by atoms with Crippen LogP contribution in [0.2, 0.25) is 0 Å². The van der Waals surface area contributed by atoms with Crippen LogP contribution in [0.5, 0.6) is 0 Å². The summed E-state index contributed by atoms with van der Waals surface area (Å²) in [5, 5.41) is 74.2. The van der Waals surface area contributed by atoms with Crippen molar-refractivity contribution in [1.29, 1.82) is 0 Å². The van der Waals surface area contributed by atoms with Gasteiger partial charge in [-0.15, -0.1) is 0 Å². The van der Waals surface area contributed by atoms with E-state index >= 15 is 0 Å². The van der Waals surface area contributed by atoms with Crippen molar-refractivity contribution in [3.8, 4) is 0 Å². The largest absolute Gasteiger partial charge is 0.481 e. The Morgan fingerprint density at radius 1 is 0.316 bits per heavy atom. The molecule has 0 aromatic carbocycles. The summed E-state index contributed by atoms with van der Waals surface area (Å²) in [6, 6.07) is 0. The first kappa shape index (κ1) is 43.3. The Morgan fingerprint density at radius 3 is 0.474 bits per heavy atom. The minimum atomic E-state index is -1.40. The van der Waals surface area contributed by atoms with E-state index in [0.29, 0.717) is 0 Å². The Labute approximate surface area is 214 Å². The zero-order valence-corrected chi connectivity index (χ0v) is 18.2. The van der Waals surface area contributed by atoms with Crippen molar-refractivity contribution >= 4 is 53.7 Å². The van der Waals surface area contributed by atoms with Gasteiger partial charge in [-0.2, -0.15) is 0 Å². The predicted molar refractivity (Wildman–Crippen MR) is 120 cm³/mol. The van der Waals surface area contributed by atoms with E-state index in [-0.39, 0.29) is 14.9 Å². The molecule has 0 rings (SSSR count). The summed E-state index contributed by atoms with van der Waals surface area (Å²) >= 11 is 0. The molecule has 0 aromatic heterocycles. The second kappa shape index (κ2) is 22.7. The third-order valence-electron chi connectivity index (χ3n) is 3.57. The van der Waals surface area contributed by atoms with Gasteiger partial charge in [0.2, 0.25) is 0 Å². The van der Waals surface area contributed by atoms with Gasteiger partial charge in [0.25, 0.3) is 0 Å². The van der Waals surface area contributed by atoms with E-state index in [2.05, 4.69) is 0 Å². The molecule has 0 aliphatic rings. The molecule has 0 saturated carbocycles. The molecule has 0 amide bonds. The molecule has 0 saturated heterocycles. The molecule has 0 heterocycles. The highest BCUT2D eigenvalue weighted by Gasteiger charge is 2.25. The van der Waals surface area contributed by atoms with Crippen LogP contribution in [0.1, 0.15) is 53.4 Å². The van der Waals surface area contributed by atoms with Crippen LogP contribution in [0.3, 0.4) is 0 Å². The monoisotopic (exact) mass is 560 g/mol. The van der Waals surface area contributed by atoms with E-state index in [1.165, 1.54) is 0 Å². The van der Waals surface area contributed by atoms with Crippen molar-refractivity contribution in [2.75, 3.05) is 0 Å². The van der Waals surface area contributed by atoms with Gasteiger partial charge in [0.05, 0.1) is 56.3 Å². The van der Waals surface area contributed by atoms with Gasteiger partial charge in [-0.25, -0.2) is 0 Å². The maximum atomic E-state index is 10.2. The molecule has 0 bridgehead atoms. The molecule has 220 valence electrons. The molecular formula is C20H32O18. The number of carbonyl (C=O) groups is 9. The molecule has 0 spiro atoms. The van der Waals surface area contributed by atoms with Crippen LogP contribution >= 0.6 is 0 Å². The summed E-state index contributed by atoms with van der Waals surface area (Å²) in [7, 11) is 0. The maximum Gasteiger partial charge on any atom is 0.307 e. The third kappa shape index (κ3) is 29.3. The highest BCUT2D eigenvalue weighted by atomic mass is 16.4. The number of carboxylic acid groups (broad SMARTS) is 9.